The predicted octanol–water partition coefficient (Wildman–Crippen LogP) is -0.0883. The van der Waals surface area contributed by atoms with Gasteiger partial charge in [-0.1, -0.05) is 0 Å². The molecule has 140 valence electrons. The number of carbonyl (C=O) groups excluding carboxylic acids is 1. The van der Waals surface area contributed by atoms with Crippen molar-refractivity contribution in [2.24, 2.45) is 0 Å². The Morgan fingerprint density at radius 1 is 1.35 bits per heavy atom. The van der Waals surface area contributed by atoms with Gasteiger partial charge in [-0.15, -0.1) is 0 Å². The fourth-order valence-electron chi connectivity index (χ4n) is 3.34. The van der Waals surface area contributed by atoms with Crippen LogP contribution in [0.1, 0.15) is 20.1 Å². The maximum absolute atomic E-state index is 12.4. The maximum atomic E-state index is 12.4. The van der Waals surface area contributed by atoms with E-state index >= 15 is 0 Å². The van der Waals surface area contributed by atoms with Gasteiger partial charge in [-0.05, 0) is 13.8 Å². The summed E-state index contributed by atoms with van der Waals surface area (Å²) in [6, 6.07) is 0. The van der Waals surface area contributed by atoms with Crippen molar-refractivity contribution in [3.63, 3.8) is 0 Å². The molecular formula is C15H19FN6O4. The molecule has 2 aliphatic rings. The number of carbonyl (C=O) groups is 1. The number of amides is 1. The number of nitrogens with one attached hydrogen (secondary N) is 1. The molecule has 2 aromatic rings. The molecule has 0 unspecified atom stereocenters. The summed E-state index contributed by atoms with van der Waals surface area (Å²) in [6.45, 7) is 2.75. The molecule has 4 heterocycles. The van der Waals surface area contributed by atoms with Crippen molar-refractivity contribution in [3.05, 3.63) is 12.7 Å². The van der Waals surface area contributed by atoms with Gasteiger partial charge in [-0.25, -0.2) is 19.3 Å². The number of aromatic nitrogens is 4. The summed E-state index contributed by atoms with van der Waals surface area (Å²) in [6.07, 6.45) is -0.0411. The summed E-state index contributed by atoms with van der Waals surface area (Å²) < 4.78 is 31.7. The van der Waals surface area contributed by atoms with Gasteiger partial charge in [0.15, 0.2) is 29.6 Å². The molecule has 26 heavy (non-hydrogen) atoms. The van der Waals surface area contributed by atoms with Gasteiger partial charge in [0.25, 0.3) is 5.91 Å². The van der Waals surface area contributed by atoms with Crippen molar-refractivity contribution < 1.29 is 23.4 Å². The van der Waals surface area contributed by atoms with Crippen LogP contribution in [0.25, 0.3) is 11.2 Å². The Morgan fingerprint density at radius 3 is 2.88 bits per heavy atom. The van der Waals surface area contributed by atoms with Crippen LogP contribution in [-0.4, -0.2) is 62.7 Å². The van der Waals surface area contributed by atoms with Crippen LogP contribution < -0.4 is 11.1 Å². The summed E-state index contributed by atoms with van der Waals surface area (Å²) in [5.74, 6) is -1.11. The number of nitrogens with zero attached hydrogens (tertiary/aromatic N) is 4. The molecule has 0 spiro atoms. The van der Waals surface area contributed by atoms with Crippen LogP contribution in [0.4, 0.5) is 10.2 Å². The molecule has 2 aromatic heterocycles. The first-order chi connectivity index (χ1) is 12.4. The van der Waals surface area contributed by atoms with E-state index < -0.39 is 42.9 Å². The zero-order valence-corrected chi connectivity index (χ0v) is 14.3. The first-order valence-corrected chi connectivity index (χ1v) is 8.19. The Labute approximate surface area is 147 Å². The third kappa shape index (κ3) is 2.68. The van der Waals surface area contributed by atoms with Gasteiger partial charge in [0.2, 0.25) is 0 Å². The van der Waals surface area contributed by atoms with Crippen LogP contribution in [0.3, 0.4) is 0 Å². The lowest BCUT2D eigenvalue weighted by molar-refractivity contribution is -0.197. The molecule has 11 heteroatoms. The number of hydrogen-bond donors (Lipinski definition) is 2. The normalized spacial score (nSPS) is 29.8. The van der Waals surface area contributed by atoms with Crippen LogP contribution in [-0.2, 0) is 19.0 Å². The van der Waals surface area contributed by atoms with Gasteiger partial charge < -0.3 is 25.3 Å². The van der Waals surface area contributed by atoms with E-state index in [1.807, 2.05) is 0 Å². The molecular weight excluding hydrogens is 346 g/mol. The van der Waals surface area contributed by atoms with Crippen LogP contribution in [0.5, 0.6) is 0 Å². The fraction of sp³-hybridized carbons (Fsp3) is 0.600. The lowest BCUT2D eigenvalue weighted by Crippen LogP contribution is -2.43. The van der Waals surface area contributed by atoms with E-state index in [0.717, 1.165) is 0 Å². The largest absolute Gasteiger partial charge is 0.382 e. The van der Waals surface area contributed by atoms with Gasteiger partial charge in [0, 0.05) is 6.54 Å². The molecule has 2 fully saturated rings. The van der Waals surface area contributed by atoms with Gasteiger partial charge in [0.1, 0.15) is 30.7 Å². The summed E-state index contributed by atoms with van der Waals surface area (Å²) >= 11 is 0. The Hall–Kier alpha value is -2.37. The Balaban J connectivity index is 1.69. The van der Waals surface area contributed by atoms with Gasteiger partial charge in [-0.3, -0.25) is 9.36 Å². The third-order valence-electron chi connectivity index (χ3n) is 4.34. The van der Waals surface area contributed by atoms with Crippen molar-refractivity contribution in [1.82, 2.24) is 24.8 Å². The second-order valence-electron chi connectivity index (χ2n) is 6.57. The number of ether oxygens (including phenoxy) is 3. The standard InChI is InChI=1S/C15H19FN6O4/c1-15(2)25-8-9(13(23)18-4-3-16)24-14(10(8)26-15)22-6-21-7-11(17)19-5-20-12(7)22/h5-6,8-10,14H,3-4H2,1-2H3,(H,18,23)(H2,17,19,20)/t8-,9+,10-,14-/m1/s1/i16-1. The topological polar surface area (TPSA) is 126 Å². The highest BCUT2D eigenvalue weighted by Crippen LogP contribution is 2.43. The molecule has 0 bridgehead atoms. The molecule has 4 atom stereocenters. The molecule has 2 saturated heterocycles. The number of nitrogen functional groups attached to an aromatic ring is 1. The zero-order chi connectivity index (χ0) is 18.5. The quantitative estimate of drug-likeness (QED) is 0.770. The average molecular weight is 365 g/mol. The lowest BCUT2D eigenvalue weighted by Gasteiger charge is -2.24. The van der Waals surface area contributed by atoms with Gasteiger partial charge in [0.05, 0.1) is 6.33 Å². The first-order valence-electron chi connectivity index (χ1n) is 8.19. The van der Waals surface area contributed by atoms with E-state index in [4.69, 9.17) is 19.9 Å². The number of halogens is 1. The molecule has 3 N–H and O–H groups in total. The van der Waals surface area contributed by atoms with Crippen molar-refractivity contribution in [1.29, 1.82) is 0 Å². The fourth-order valence-corrected chi connectivity index (χ4v) is 3.34. The zero-order valence-electron chi connectivity index (χ0n) is 14.3. The number of imidazole rings is 1. The Bertz CT molecular complexity index is 843. The van der Waals surface area contributed by atoms with E-state index in [9.17, 15) is 9.18 Å². The van der Waals surface area contributed by atoms with E-state index in [1.165, 1.54) is 12.7 Å². The van der Waals surface area contributed by atoms with Crippen LogP contribution in [0, 0.1) is 0 Å². The molecule has 0 aliphatic carbocycles. The number of hydrogen-bond acceptors (Lipinski definition) is 8. The average Bonchev–Trinajstić information content (AvgIpc) is 3.24. The second-order valence-corrected chi connectivity index (χ2v) is 6.57. The van der Waals surface area contributed by atoms with Gasteiger partial charge in [-0.2, -0.15) is 0 Å². The van der Waals surface area contributed by atoms with Crippen molar-refractivity contribution in [2.75, 3.05) is 19.0 Å². The Morgan fingerprint density at radius 2 is 2.12 bits per heavy atom. The second kappa shape index (κ2) is 6.11. The predicted molar refractivity (Wildman–Crippen MR) is 86.5 cm³/mol. The summed E-state index contributed by atoms with van der Waals surface area (Å²) in [5.41, 5.74) is 6.71. The number of anilines is 1. The molecule has 2 aliphatic heterocycles. The molecule has 1 amide bonds. The van der Waals surface area contributed by atoms with Crippen LogP contribution in [0.15, 0.2) is 12.7 Å². The first kappa shape index (κ1) is 17.1. The number of fused-ring (bicyclic) bond motifs is 2. The highest BCUT2D eigenvalue weighted by molar-refractivity contribution is 5.83. The monoisotopic (exact) mass is 365 g/mol. The van der Waals surface area contributed by atoms with E-state index in [2.05, 4.69) is 20.3 Å². The molecule has 10 nitrogen and oxygen atoms in total. The van der Waals surface area contributed by atoms with E-state index in [1.54, 1.807) is 18.4 Å². The minimum absolute atomic E-state index is 0.0945. The minimum atomic E-state index is -0.949. The van der Waals surface area contributed by atoms with Crippen LogP contribution in [0.2, 0.25) is 0 Å². The summed E-state index contributed by atoms with van der Waals surface area (Å²) in [5, 5.41) is 2.48. The number of nitrogens with two attached hydrogens (primary N) is 1. The SMILES string of the molecule is CC1(C)O[C@@H]2[C@H](O1)[C@@H](C(=O)NCC[18F])O[C@H]2n1cnc2c(N)ncnc21. The summed E-state index contributed by atoms with van der Waals surface area (Å²) in [4.78, 5) is 24.7. The highest BCUT2D eigenvalue weighted by Gasteiger charge is 2.58. The molecule has 0 aromatic carbocycles. The number of rotatable bonds is 4. The maximum Gasteiger partial charge on any atom is 0.252 e. The molecule has 0 saturated carbocycles. The smallest absolute Gasteiger partial charge is 0.252 e. The lowest BCUT2D eigenvalue weighted by atomic mass is 10.1. The van der Waals surface area contributed by atoms with E-state index in [0.29, 0.717) is 11.2 Å². The van der Waals surface area contributed by atoms with Gasteiger partial charge >= 0.3 is 0 Å². The summed E-state index contributed by atoms with van der Waals surface area (Å²) in [7, 11) is 0. The highest BCUT2D eigenvalue weighted by atomic mass is 18.2. The van der Waals surface area contributed by atoms with E-state index in [-0.39, 0.29) is 12.4 Å². The molecule has 0 radical (unpaired) electrons. The van der Waals surface area contributed by atoms with Crippen LogP contribution >= 0.6 is 0 Å². The van der Waals surface area contributed by atoms with Crippen molar-refractivity contribution >= 4 is 22.9 Å². The molecule has 4 rings (SSSR count). The van der Waals surface area contributed by atoms with Crippen molar-refractivity contribution in [3.8, 4) is 0 Å². The number of alkyl halides is 1. The Kier molecular flexibility index (Phi) is 4.01. The van der Waals surface area contributed by atoms with Crippen molar-refractivity contribution in [2.45, 2.75) is 44.2 Å². The third-order valence-corrected chi connectivity index (χ3v) is 4.34. The minimum Gasteiger partial charge on any atom is -0.382 e.